The standard InChI is InChI=1S/C20H20BF2N5O3/c1-10-14-6-11(2-4-13(14)18(24)28-27-10)15-7-12(21(30)31)3-5-16(15)26-19(29)17-8-20(22,23)9-25-17/h2-7,17,25,30-31H,8-9H2,1H3,(H2,24,28)(H,26,29)/t17-/m1/s1. The number of carbonyl (C=O) groups excluding carboxylic acids is 1. The number of benzene rings is 2. The number of rotatable bonds is 4. The van der Waals surface area contributed by atoms with Gasteiger partial charge in [-0.3, -0.25) is 10.1 Å². The Morgan fingerprint density at radius 3 is 2.68 bits per heavy atom. The number of anilines is 2. The van der Waals surface area contributed by atoms with Gasteiger partial charge in [-0.25, -0.2) is 8.78 Å². The zero-order chi connectivity index (χ0) is 22.3. The van der Waals surface area contributed by atoms with Crippen LogP contribution in [0.1, 0.15) is 12.1 Å². The Balaban J connectivity index is 1.76. The van der Waals surface area contributed by atoms with Crippen molar-refractivity contribution in [2.45, 2.75) is 25.3 Å². The van der Waals surface area contributed by atoms with Crippen LogP contribution in [0.2, 0.25) is 0 Å². The van der Waals surface area contributed by atoms with Gasteiger partial charge in [0.2, 0.25) is 5.91 Å². The first-order valence-electron chi connectivity index (χ1n) is 9.60. The van der Waals surface area contributed by atoms with Crippen LogP contribution in [-0.2, 0) is 4.79 Å². The number of aryl methyl sites for hydroxylation is 1. The zero-order valence-electron chi connectivity index (χ0n) is 16.6. The van der Waals surface area contributed by atoms with E-state index in [0.717, 1.165) is 5.39 Å². The van der Waals surface area contributed by atoms with Crippen molar-refractivity contribution in [2.24, 2.45) is 0 Å². The van der Waals surface area contributed by atoms with Gasteiger partial charge in [0.1, 0.15) is 0 Å². The van der Waals surface area contributed by atoms with Gasteiger partial charge in [0.25, 0.3) is 5.92 Å². The minimum Gasteiger partial charge on any atom is -0.423 e. The third-order valence-corrected chi connectivity index (χ3v) is 5.33. The first-order valence-corrected chi connectivity index (χ1v) is 9.60. The van der Waals surface area contributed by atoms with E-state index < -0.39 is 38.0 Å². The van der Waals surface area contributed by atoms with Gasteiger partial charge < -0.3 is 21.1 Å². The Morgan fingerprint density at radius 1 is 1.23 bits per heavy atom. The normalized spacial score (nSPS) is 17.6. The highest BCUT2D eigenvalue weighted by atomic mass is 19.3. The molecule has 1 saturated heterocycles. The fourth-order valence-electron chi connectivity index (χ4n) is 3.66. The van der Waals surface area contributed by atoms with E-state index in [-0.39, 0.29) is 11.3 Å². The fraction of sp³-hybridized carbons (Fsp3) is 0.250. The summed E-state index contributed by atoms with van der Waals surface area (Å²) >= 11 is 0. The lowest BCUT2D eigenvalue weighted by Gasteiger charge is -2.17. The molecule has 3 aromatic rings. The monoisotopic (exact) mass is 427 g/mol. The van der Waals surface area contributed by atoms with Gasteiger partial charge in [0.15, 0.2) is 5.82 Å². The largest absolute Gasteiger partial charge is 0.488 e. The molecule has 1 aliphatic rings. The number of halogens is 2. The van der Waals surface area contributed by atoms with E-state index in [4.69, 9.17) is 5.73 Å². The quantitative estimate of drug-likeness (QED) is 0.389. The molecular formula is C20H20BF2N5O3. The molecule has 1 fully saturated rings. The highest BCUT2D eigenvalue weighted by Crippen LogP contribution is 2.33. The van der Waals surface area contributed by atoms with Crippen LogP contribution in [-0.4, -0.2) is 51.8 Å². The first kappa shape index (κ1) is 21.1. The van der Waals surface area contributed by atoms with Gasteiger partial charge in [0.05, 0.1) is 18.3 Å². The molecule has 0 spiro atoms. The number of nitrogens with two attached hydrogens (primary N) is 1. The molecule has 2 aromatic carbocycles. The predicted octanol–water partition coefficient (Wildman–Crippen LogP) is 0.803. The minimum atomic E-state index is -2.94. The second kappa shape index (κ2) is 7.84. The number of hydrogen-bond acceptors (Lipinski definition) is 7. The summed E-state index contributed by atoms with van der Waals surface area (Å²) in [6.45, 7) is 1.22. The molecule has 11 heteroatoms. The van der Waals surface area contributed by atoms with Crippen molar-refractivity contribution in [3.63, 3.8) is 0 Å². The number of hydrogen-bond donors (Lipinski definition) is 5. The Morgan fingerprint density at radius 2 is 2.00 bits per heavy atom. The third kappa shape index (κ3) is 4.20. The molecule has 0 aliphatic carbocycles. The van der Waals surface area contributed by atoms with Crippen LogP contribution in [0.25, 0.3) is 21.9 Å². The van der Waals surface area contributed by atoms with Crippen molar-refractivity contribution in [3.8, 4) is 11.1 Å². The lowest BCUT2D eigenvalue weighted by molar-refractivity contribution is -0.118. The van der Waals surface area contributed by atoms with E-state index in [9.17, 15) is 23.6 Å². The van der Waals surface area contributed by atoms with Crippen LogP contribution in [0.4, 0.5) is 20.3 Å². The highest BCUT2D eigenvalue weighted by molar-refractivity contribution is 6.58. The maximum Gasteiger partial charge on any atom is 0.488 e. The molecule has 1 aliphatic heterocycles. The van der Waals surface area contributed by atoms with Crippen LogP contribution in [0.5, 0.6) is 0 Å². The average Bonchev–Trinajstić information content (AvgIpc) is 3.10. The number of aromatic nitrogens is 2. The Hall–Kier alpha value is -3.15. The third-order valence-electron chi connectivity index (χ3n) is 5.33. The average molecular weight is 427 g/mol. The summed E-state index contributed by atoms with van der Waals surface area (Å²) in [6, 6.07) is 8.75. The van der Waals surface area contributed by atoms with E-state index >= 15 is 0 Å². The maximum absolute atomic E-state index is 13.5. The summed E-state index contributed by atoms with van der Waals surface area (Å²) in [5, 5.41) is 33.7. The van der Waals surface area contributed by atoms with Gasteiger partial charge in [-0.2, -0.15) is 5.10 Å². The molecule has 0 radical (unpaired) electrons. The van der Waals surface area contributed by atoms with Gasteiger partial charge in [0, 0.05) is 28.4 Å². The smallest absolute Gasteiger partial charge is 0.423 e. The van der Waals surface area contributed by atoms with Crippen molar-refractivity contribution in [1.29, 1.82) is 0 Å². The lowest BCUT2D eigenvalue weighted by atomic mass is 9.78. The number of fused-ring (bicyclic) bond motifs is 1. The molecule has 0 bridgehead atoms. The summed E-state index contributed by atoms with van der Waals surface area (Å²) in [5.41, 5.74) is 8.23. The summed E-state index contributed by atoms with van der Waals surface area (Å²) in [5.74, 6) is -3.26. The van der Waals surface area contributed by atoms with Gasteiger partial charge in [-0.05, 0) is 36.1 Å². The van der Waals surface area contributed by atoms with Crippen LogP contribution < -0.4 is 21.8 Å². The van der Waals surface area contributed by atoms with E-state index in [1.54, 1.807) is 25.1 Å². The Bertz CT molecular complexity index is 1180. The molecule has 2 heterocycles. The fourth-order valence-corrected chi connectivity index (χ4v) is 3.66. The van der Waals surface area contributed by atoms with Crippen molar-refractivity contribution in [3.05, 3.63) is 42.1 Å². The Labute approximate surface area is 176 Å². The van der Waals surface area contributed by atoms with E-state index in [0.29, 0.717) is 27.9 Å². The van der Waals surface area contributed by atoms with Gasteiger partial charge in [-0.15, -0.1) is 5.10 Å². The summed E-state index contributed by atoms with van der Waals surface area (Å²) in [7, 11) is -1.72. The van der Waals surface area contributed by atoms with Gasteiger partial charge >= 0.3 is 7.12 Å². The number of nitrogen functional groups attached to an aromatic ring is 1. The number of alkyl halides is 2. The van der Waals surface area contributed by atoms with E-state index in [1.807, 2.05) is 0 Å². The molecule has 160 valence electrons. The zero-order valence-corrected chi connectivity index (χ0v) is 16.6. The molecule has 1 aromatic heterocycles. The van der Waals surface area contributed by atoms with Crippen LogP contribution in [0.15, 0.2) is 36.4 Å². The topological polar surface area (TPSA) is 133 Å². The number of nitrogens with one attached hydrogen (secondary N) is 2. The van der Waals surface area contributed by atoms with E-state index in [2.05, 4.69) is 20.8 Å². The summed E-state index contributed by atoms with van der Waals surface area (Å²) < 4.78 is 27.0. The second-order valence-electron chi connectivity index (χ2n) is 7.59. The minimum absolute atomic E-state index is 0.211. The number of amides is 1. The van der Waals surface area contributed by atoms with Crippen molar-refractivity contribution >= 4 is 40.8 Å². The second-order valence-corrected chi connectivity index (χ2v) is 7.59. The molecule has 8 nitrogen and oxygen atoms in total. The van der Waals surface area contributed by atoms with Crippen molar-refractivity contribution < 1.29 is 23.6 Å². The molecule has 6 N–H and O–H groups in total. The predicted molar refractivity (Wildman–Crippen MR) is 114 cm³/mol. The summed E-state index contributed by atoms with van der Waals surface area (Å²) in [4.78, 5) is 12.6. The molecule has 4 rings (SSSR count). The van der Waals surface area contributed by atoms with Gasteiger partial charge in [-0.1, -0.05) is 18.2 Å². The number of carbonyl (C=O) groups is 1. The van der Waals surface area contributed by atoms with Crippen molar-refractivity contribution in [2.75, 3.05) is 17.6 Å². The first-order chi connectivity index (χ1) is 14.6. The Kier molecular flexibility index (Phi) is 5.34. The van der Waals surface area contributed by atoms with Crippen LogP contribution in [0.3, 0.4) is 0 Å². The lowest BCUT2D eigenvalue weighted by Crippen LogP contribution is -2.36. The molecule has 31 heavy (non-hydrogen) atoms. The molecule has 1 amide bonds. The van der Waals surface area contributed by atoms with Crippen molar-refractivity contribution in [1.82, 2.24) is 15.5 Å². The van der Waals surface area contributed by atoms with E-state index in [1.165, 1.54) is 18.2 Å². The molecule has 1 atom stereocenters. The molecule has 0 unspecified atom stereocenters. The van der Waals surface area contributed by atoms with Crippen LogP contribution in [0, 0.1) is 6.92 Å². The number of nitrogens with zero attached hydrogens (tertiary/aromatic N) is 2. The summed E-state index contributed by atoms with van der Waals surface area (Å²) in [6.07, 6.45) is -0.589. The molecule has 0 saturated carbocycles. The molecular weight excluding hydrogens is 407 g/mol. The highest BCUT2D eigenvalue weighted by Gasteiger charge is 2.42. The SMILES string of the molecule is Cc1nnc(N)c2ccc(-c3cc(B(O)O)ccc3NC(=O)[C@H]3CC(F)(F)CN3)cc12. The van der Waals surface area contributed by atoms with Crippen LogP contribution >= 0.6 is 0 Å². The maximum atomic E-state index is 13.5.